The van der Waals surface area contributed by atoms with Crippen LogP contribution < -0.4 is 0 Å². The maximum Gasteiger partial charge on any atom is 0 e. The molecular weight excluding hydrogens is 221 g/mol. The Kier molecular flexibility index (Phi) is 11.6. The van der Waals surface area contributed by atoms with Crippen molar-refractivity contribution in [2.24, 2.45) is 0 Å². The number of benzene rings is 1. The topological polar surface area (TPSA) is 0 Å². The molecule has 0 atom stereocenters. The van der Waals surface area contributed by atoms with Crippen LogP contribution in [0.1, 0.15) is 25.0 Å². The Bertz CT molecular complexity index is 194. The normalized spacial score (nSPS) is 7.67. The molecule has 65 valence electrons. The van der Waals surface area contributed by atoms with Crippen molar-refractivity contribution < 1.29 is 32.7 Å². The Morgan fingerprint density at radius 1 is 1.25 bits per heavy atom. The molecule has 0 amide bonds. The summed E-state index contributed by atoms with van der Waals surface area (Å²) in [5.74, 6) is 0. The molecule has 0 aliphatic carbocycles. The summed E-state index contributed by atoms with van der Waals surface area (Å²) < 4.78 is 0. The number of rotatable bonds is 1. The van der Waals surface area contributed by atoms with Crippen molar-refractivity contribution >= 4 is 0 Å². The monoisotopic (exact) mass is 238 g/mol. The first-order valence-electron chi connectivity index (χ1n) is 4.17. The van der Waals surface area contributed by atoms with E-state index in [1.807, 2.05) is 13.8 Å². The number of hydrogen-bond acceptors (Lipinski definition) is 0. The first-order valence-corrected chi connectivity index (χ1v) is 4.17. The van der Waals surface area contributed by atoms with Gasteiger partial charge in [-0.3, -0.25) is 0 Å². The predicted octanol–water partition coefficient (Wildman–Crippen LogP) is 3.40. The molecule has 12 heavy (non-hydrogen) atoms. The second kappa shape index (κ2) is 9.41. The van der Waals surface area contributed by atoms with Gasteiger partial charge in [0, 0.05) is 32.7 Å². The van der Waals surface area contributed by atoms with Gasteiger partial charge in [-0.05, 0) is 6.92 Å². The zero-order chi connectivity index (χ0) is 8.69. The molecule has 1 rings (SSSR count). The molecule has 0 spiro atoms. The Morgan fingerprint density at radius 3 is 2.17 bits per heavy atom. The number of aryl methyl sites for hydroxylation is 1. The van der Waals surface area contributed by atoms with Crippen LogP contribution in [0.25, 0.3) is 0 Å². The summed E-state index contributed by atoms with van der Waals surface area (Å²) in [7, 11) is 0. The maximum atomic E-state index is 3.80. The van der Waals surface area contributed by atoms with Gasteiger partial charge in [0.2, 0.25) is 0 Å². The Morgan fingerprint density at radius 2 is 1.83 bits per heavy atom. The van der Waals surface area contributed by atoms with Crippen LogP contribution in [0.5, 0.6) is 0 Å². The van der Waals surface area contributed by atoms with E-state index in [0.717, 1.165) is 6.42 Å². The van der Waals surface area contributed by atoms with Gasteiger partial charge in [0.15, 0.2) is 0 Å². The summed E-state index contributed by atoms with van der Waals surface area (Å²) in [6, 6.07) is 8.42. The zero-order valence-electron chi connectivity index (χ0n) is 8.30. The van der Waals surface area contributed by atoms with Gasteiger partial charge < -0.3 is 6.92 Å². The Balaban J connectivity index is 0. The summed E-state index contributed by atoms with van der Waals surface area (Å²) in [5.41, 5.74) is 2.63. The fourth-order valence-electron chi connectivity index (χ4n) is 0.868. The van der Waals surface area contributed by atoms with Gasteiger partial charge in [0.25, 0.3) is 0 Å². The van der Waals surface area contributed by atoms with Crippen LogP contribution >= 0.6 is 0 Å². The molecule has 0 unspecified atom stereocenters. The quantitative estimate of drug-likeness (QED) is 0.658. The maximum absolute atomic E-state index is 3.80. The van der Waals surface area contributed by atoms with E-state index in [2.05, 4.69) is 38.1 Å². The molecule has 1 heteroatoms. The van der Waals surface area contributed by atoms with Gasteiger partial charge in [0.05, 0.1) is 0 Å². The van der Waals surface area contributed by atoms with Crippen molar-refractivity contribution in [3.8, 4) is 0 Å². The summed E-state index contributed by atoms with van der Waals surface area (Å²) >= 11 is 0. The molecule has 0 saturated carbocycles. The van der Waals surface area contributed by atoms with Crippen molar-refractivity contribution in [2.75, 3.05) is 0 Å². The summed E-state index contributed by atoms with van der Waals surface area (Å²) in [4.78, 5) is 0. The zero-order valence-corrected chi connectivity index (χ0v) is 11.1. The molecule has 1 aromatic carbocycles. The standard InChI is InChI=1S/C9H11.C2H6.Y/c1-3-9-6-4-5-8(2)7-9;1-2;/h4-7H,1,3H2,2H3;1-2H3;/q-1;;. The molecule has 0 fully saturated rings. The van der Waals surface area contributed by atoms with E-state index in [0.29, 0.717) is 0 Å². The first-order chi connectivity index (χ1) is 5.33. The largest absolute Gasteiger partial charge is 0.339 e. The van der Waals surface area contributed by atoms with Crippen LogP contribution in [0, 0.1) is 13.8 Å². The molecule has 0 aliphatic rings. The first kappa shape index (κ1) is 14.8. The minimum Gasteiger partial charge on any atom is -0.339 e. The Hall–Kier alpha value is 0.324. The minimum atomic E-state index is 0. The van der Waals surface area contributed by atoms with Crippen molar-refractivity contribution in [3.63, 3.8) is 0 Å². The van der Waals surface area contributed by atoms with Gasteiger partial charge in [-0.2, -0.15) is 6.42 Å². The van der Waals surface area contributed by atoms with Gasteiger partial charge in [-0.25, -0.2) is 0 Å². The van der Waals surface area contributed by atoms with Gasteiger partial charge >= 0.3 is 0 Å². The molecule has 0 aromatic heterocycles. The van der Waals surface area contributed by atoms with E-state index in [1.165, 1.54) is 11.1 Å². The van der Waals surface area contributed by atoms with E-state index in [4.69, 9.17) is 0 Å². The molecule has 1 radical (unpaired) electrons. The van der Waals surface area contributed by atoms with Crippen molar-refractivity contribution in [2.45, 2.75) is 27.2 Å². The van der Waals surface area contributed by atoms with Crippen molar-refractivity contribution in [1.29, 1.82) is 0 Å². The molecule has 0 N–H and O–H groups in total. The van der Waals surface area contributed by atoms with E-state index in [1.54, 1.807) is 0 Å². The Labute approximate surface area is 102 Å². The SMILES string of the molecule is CC.[CH2-]Cc1cccc(C)c1.[Y]. The molecule has 0 nitrogen and oxygen atoms in total. The molecule has 0 bridgehead atoms. The van der Waals surface area contributed by atoms with Gasteiger partial charge in [-0.15, -0.1) is 0 Å². The summed E-state index contributed by atoms with van der Waals surface area (Å²) in [6.07, 6.45) is 0.891. The summed E-state index contributed by atoms with van der Waals surface area (Å²) in [6.45, 7) is 9.89. The number of hydrogen-bond donors (Lipinski definition) is 0. The van der Waals surface area contributed by atoms with Gasteiger partial charge in [-0.1, -0.05) is 49.2 Å². The average Bonchev–Trinajstić information content (AvgIpc) is 2.08. The van der Waals surface area contributed by atoms with E-state index in [9.17, 15) is 0 Å². The van der Waals surface area contributed by atoms with E-state index in [-0.39, 0.29) is 32.7 Å². The van der Waals surface area contributed by atoms with E-state index < -0.39 is 0 Å². The van der Waals surface area contributed by atoms with Gasteiger partial charge in [0.1, 0.15) is 0 Å². The molecule has 0 heterocycles. The molecular formula is C11H17Y-. The predicted molar refractivity (Wildman–Crippen MR) is 51.6 cm³/mol. The van der Waals surface area contributed by atoms with Crippen LogP contribution in [0.3, 0.4) is 0 Å². The van der Waals surface area contributed by atoms with Crippen molar-refractivity contribution in [1.82, 2.24) is 0 Å². The van der Waals surface area contributed by atoms with Crippen LogP contribution in [-0.2, 0) is 39.1 Å². The van der Waals surface area contributed by atoms with Crippen LogP contribution in [0.15, 0.2) is 24.3 Å². The fraction of sp³-hybridized carbons (Fsp3) is 0.364. The van der Waals surface area contributed by atoms with E-state index >= 15 is 0 Å². The fourth-order valence-corrected chi connectivity index (χ4v) is 0.868. The smallest absolute Gasteiger partial charge is 0 e. The summed E-state index contributed by atoms with van der Waals surface area (Å²) in [5, 5.41) is 0. The average molecular weight is 238 g/mol. The third kappa shape index (κ3) is 5.91. The second-order valence-corrected chi connectivity index (χ2v) is 2.24. The third-order valence-electron chi connectivity index (χ3n) is 1.37. The molecule has 0 aliphatic heterocycles. The molecule has 1 aromatic rings. The van der Waals surface area contributed by atoms with Crippen LogP contribution in [0.4, 0.5) is 0 Å². The van der Waals surface area contributed by atoms with Crippen molar-refractivity contribution in [3.05, 3.63) is 42.3 Å². The molecule has 0 saturated heterocycles. The third-order valence-corrected chi connectivity index (χ3v) is 1.37. The van der Waals surface area contributed by atoms with Crippen LogP contribution in [0.2, 0.25) is 0 Å². The van der Waals surface area contributed by atoms with Crippen LogP contribution in [-0.4, -0.2) is 0 Å². The second-order valence-electron chi connectivity index (χ2n) is 2.24. The minimum absolute atomic E-state index is 0.